The molecule has 2 rings (SSSR count). The molecule has 1 unspecified atom stereocenters. The van der Waals surface area contributed by atoms with E-state index in [-0.39, 0.29) is 16.3 Å². The highest BCUT2D eigenvalue weighted by Crippen LogP contribution is 2.27. The standard InChI is InChI=1S/C10H11N3O2S/c1-7(14)16-9-4-10(15)13(6-9)8-2-3-11-12-5-8/h2-3,5,9H,4,6H2,1H3. The minimum absolute atomic E-state index is 0.0340. The first-order chi connectivity index (χ1) is 7.66. The zero-order chi connectivity index (χ0) is 11.5. The normalized spacial score (nSPS) is 20.2. The van der Waals surface area contributed by atoms with Crippen molar-refractivity contribution >= 4 is 28.5 Å². The molecule has 0 saturated carbocycles. The number of anilines is 1. The van der Waals surface area contributed by atoms with Gasteiger partial charge in [-0.3, -0.25) is 9.59 Å². The summed E-state index contributed by atoms with van der Waals surface area (Å²) in [6.45, 7) is 2.08. The summed E-state index contributed by atoms with van der Waals surface area (Å²) < 4.78 is 0. The Bertz CT molecular complexity index is 410. The molecule has 1 aromatic heterocycles. The average molecular weight is 237 g/mol. The van der Waals surface area contributed by atoms with Gasteiger partial charge in [-0.15, -0.1) is 0 Å². The molecule has 1 fully saturated rings. The second-order valence-corrected chi connectivity index (χ2v) is 5.02. The van der Waals surface area contributed by atoms with E-state index in [1.165, 1.54) is 18.7 Å². The summed E-state index contributed by atoms with van der Waals surface area (Å²) in [6, 6.07) is 1.74. The lowest BCUT2D eigenvalue weighted by atomic mass is 10.4. The van der Waals surface area contributed by atoms with E-state index in [0.29, 0.717) is 13.0 Å². The van der Waals surface area contributed by atoms with Crippen LogP contribution in [0.3, 0.4) is 0 Å². The van der Waals surface area contributed by atoms with Gasteiger partial charge in [-0.05, 0) is 6.07 Å². The fourth-order valence-electron chi connectivity index (χ4n) is 1.68. The summed E-state index contributed by atoms with van der Waals surface area (Å²) in [5.41, 5.74) is 0.742. The van der Waals surface area contributed by atoms with Gasteiger partial charge in [0.1, 0.15) is 0 Å². The highest BCUT2D eigenvalue weighted by molar-refractivity contribution is 8.14. The Morgan fingerprint density at radius 3 is 3.00 bits per heavy atom. The predicted octanol–water partition coefficient (Wildman–Crippen LogP) is 0.862. The quantitative estimate of drug-likeness (QED) is 0.763. The van der Waals surface area contributed by atoms with Gasteiger partial charge in [0.2, 0.25) is 5.91 Å². The molecule has 0 radical (unpaired) electrons. The molecule has 0 aliphatic carbocycles. The third-order valence-electron chi connectivity index (χ3n) is 2.30. The topological polar surface area (TPSA) is 63.2 Å². The maximum absolute atomic E-state index is 11.7. The number of hydrogen-bond donors (Lipinski definition) is 0. The Labute approximate surface area is 97.2 Å². The molecule has 1 aromatic rings. The van der Waals surface area contributed by atoms with E-state index in [2.05, 4.69) is 10.2 Å². The maximum Gasteiger partial charge on any atom is 0.228 e. The first-order valence-corrected chi connectivity index (χ1v) is 5.79. The minimum Gasteiger partial charge on any atom is -0.310 e. The second-order valence-electron chi connectivity index (χ2n) is 3.54. The van der Waals surface area contributed by atoms with Crippen LogP contribution in [-0.2, 0) is 9.59 Å². The van der Waals surface area contributed by atoms with Crippen molar-refractivity contribution in [2.75, 3.05) is 11.4 Å². The Balaban J connectivity index is 2.08. The van der Waals surface area contributed by atoms with Crippen LogP contribution >= 0.6 is 11.8 Å². The van der Waals surface area contributed by atoms with Crippen LogP contribution in [0, 0.1) is 0 Å². The van der Waals surface area contributed by atoms with Crippen molar-refractivity contribution in [2.45, 2.75) is 18.6 Å². The molecule has 16 heavy (non-hydrogen) atoms. The molecule has 0 N–H and O–H groups in total. The summed E-state index contributed by atoms with van der Waals surface area (Å²) in [5, 5.41) is 7.50. The molecule has 0 aromatic carbocycles. The summed E-state index contributed by atoms with van der Waals surface area (Å²) in [6.07, 6.45) is 3.51. The van der Waals surface area contributed by atoms with Gasteiger partial charge in [-0.25, -0.2) is 0 Å². The molecule has 1 aliphatic heterocycles. The van der Waals surface area contributed by atoms with E-state index < -0.39 is 0 Å². The van der Waals surface area contributed by atoms with Crippen LogP contribution in [0.25, 0.3) is 0 Å². The van der Waals surface area contributed by atoms with Gasteiger partial charge in [0, 0.05) is 25.1 Å². The van der Waals surface area contributed by atoms with Gasteiger partial charge in [0.05, 0.1) is 18.1 Å². The molecule has 0 spiro atoms. The molecule has 6 heteroatoms. The van der Waals surface area contributed by atoms with E-state index >= 15 is 0 Å². The second kappa shape index (κ2) is 4.61. The summed E-state index contributed by atoms with van der Waals surface area (Å²) in [7, 11) is 0. The van der Waals surface area contributed by atoms with Crippen LogP contribution in [0.1, 0.15) is 13.3 Å². The van der Waals surface area contributed by atoms with E-state index in [4.69, 9.17) is 0 Å². The van der Waals surface area contributed by atoms with Crippen LogP contribution in [0.2, 0.25) is 0 Å². The minimum atomic E-state index is 0.0340. The molecule has 1 aliphatic rings. The molecule has 1 saturated heterocycles. The fourth-order valence-corrected chi connectivity index (χ4v) is 2.60. The molecule has 1 amide bonds. The number of aromatic nitrogens is 2. The van der Waals surface area contributed by atoms with Crippen molar-refractivity contribution in [1.29, 1.82) is 0 Å². The number of rotatable bonds is 2. The number of nitrogens with zero attached hydrogens (tertiary/aromatic N) is 3. The maximum atomic E-state index is 11.7. The van der Waals surface area contributed by atoms with Crippen LogP contribution in [-0.4, -0.2) is 33.0 Å². The molecule has 84 valence electrons. The zero-order valence-corrected chi connectivity index (χ0v) is 9.61. The number of hydrogen-bond acceptors (Lipinski definition) is 5. The van der Waals surface area contributed by atoms with E-state index in [1.807, 2.05) is 0 Å². The predicted molar refractivity (Wildman–Crippen MR) is 61.1 cm³/mol. The van der Waals surface area contributed by atoms with Crippen molar-refractivity contribution in [3.05, 3.63) is 18.5 Å². The molecule has 5 nitrogen and oxygen atoms in total. The Hall–Kier alpha value is -1.43. The molecule has 1 atom stereocenters. The third kappa shape index (κ3) is 2.38. The van der Waals surface area contributed by atoms with Crippen LogP contribution < -0.4 is 4.90 Å². The van der Waals surface area contributed by atoms with Gasteiger partial charge in [-0.2, -0.15) is 10.2 Å². The fraction of sp³-hybridized carbons (Fsp3) is 0.400. The third-order valence-corrected chi connectivity index (χ3v) is 3.28. The lowest BCUT2D eigenvalue weighted by Crippen LogP contribution is -2.25. The highest BCUT2D eigenvalue weighted by Gasteiger charge is 2.31. The van der Waals surface area contributed by atoms with Gasteiger partial charge < -0.3 is 4.90 Å². The number of carbonyl (C=O) groups excluding carboxylic acids is 2. The smallest absolute Gasteiger partial charge is 0.228 e. The zero-order valence-electron chi connectivity index (χ0n) is 8.79. The van der Waals surface area contributed by atoms with Crippen molar-refractivity contribution < 1.29 is 9.59 Å². The van der Waals surface area contributed by atoms with E-state index in [1.54, 1.807) is 23.4 Å². The van der Waals surface area contributed by atoms with Crippen LogP contribution in [0.5, 0.6) is 0 Å². The van der Waals surface area contributed by atoms with Gasteiger partial charge in [0.15, 0.2) is 5.12 Å². The largest absolute Gasteiger partial charge is 0.310 e. The average Bonchev–Trinajstić information content (AvgIpc) is 2.60. The summed E-state index contributed by atoms with van der Waals surface area (Å²) in [4.78, 5) is 24.3. The van der Waals surface area contributed by atoms with E-state index in [0.717, 1.165) is 5.69 Å². The van der Waals surface area contributed by atoms with E-state index in [9.17, 15) is 9.59 Å². The van der Waals surface area contributed by atoms with Gasteiger partial charge >= 0.3 is 0 Å². The first kappa shape index (κ1) is 11.1. The lowest BCUT2D eigenvalue weighted by molar-refractivity contribution is -0.117. The number of thioether (sulfide) groups is 1. The lowest BCUT2D eigenvalue weighted by Gasteiger charge is -2.14. The molecular weight excluding hydrogens is 226 g/mol. The molecular formula is C10H11N3O2S. The molecule has 0 bridgehead atoms. The Morgan fingerprint density at radius 1 is 1.56 bits per heavy atom. The summed E-state index contributed by atoms with van der Waals surface area (Å²) in [5.74, 6) is 0.0340. The monoisotopic (exact) mass is 237 g/mol. The molecule has 2 heterocycles. The first-order valence-electron chi connectivity index (χ1n) is 4.91. The SMILES string of the molecule is CC(=O)SC1CC(=O)N(c2ccnnc2)C1. The van der Waals surface area contributed by atoms with Crippen molar-refractivity contribution in [3.63, 3.8) is 0 Å². The van der Waals surface area contributed by atoms with Crippen LogP contribution in [0.15, 0.2) is 18.5 Å². The number of carbonyl (C=O) groups is 2. The summed E-state index contributed by atoms with van der Waals surface area (Å²) >= 11 is 1.23. The Kier molecular flexibility index (Phi) is 3.19. The Morgan fingerprint density at radius 2 is 2.38 bits per heavy atom. The van der Waals surface area contributed by atoms with Gasteiger partial charge in [0.25, 0.3) is 0 Å². The van der Waals surface area contributed by atoms with Crippen LogP contribution in [0.4, 0.5) is 5.69 Å². The van der Waals surface area contributed by atoms with Crippen molar-refractivity contribution in [2.24, 2.45) is 0 Å². The highest BCUT2D eigenvalue weighted by atomic mass is 32.2. The number of amides is 1. The van der Waals surface area contributed by atoms with Gasteiger partial charge in [-0.1, -0.05) is 11.8 Å². The van der Waals surface area contributed by atoms with Crippen molar-refractivity contribution in [1.82, 2.24) is 10.2 Å². The van der Waals surface area contributed by atoms with Crippen molar-refractivity contribution in [3.8, 4) is 0 Å².